The molecule has 3 aromatic carbocycles. The van der Waals surface area contributed by atoms with E-state index in [9.17, 15) is 4.79 Å². The van der Waals surface area contributed by atoms with Crippen molar-refractivity contribution in [2.75, 3.05) is 25.8 Å². The number of carbonyl (C=O) groups is 1. The lowest BCUT2D eigenvalue weighted by Crippen LogP contribution is -2.20. The molecule has 0 bridgehead atoms. The molecule has 0 spiro atoms. The van der Waals surface area contributed by atoms with Gasteiger partial charge >= 0.3 is 0 Å². The summed E-state index contributed by atoms with van der Waals surface area (Å²) in [4.78, 5) is 12.2. The molecule has 2 N–H and O–H groups in total. The third-order valence-corrected chi connectivity index (χ3v) is 5.35. The monoisotopic (exact) mass is 468 g/mol. The Morgan fingerprint density at radius 3 is 2.55 bits per heavy atom. The highest BCUT2D eigenvalue weighted by atomic mass is 35.5. The number of hydrogen-bond donors (Lipinski definition) is 2. The second-order valence-electron chi connectivity index (χ2n) is 7.60. The number of amides is 1. The summed E-state index contributed by atoms with van der Waals surface area (Å²) in [5.74, 6) is 2.03. The zero-order valence-electron chi connectivity index (χ0n) is 18.4. The molecule has 0 radical (unpaired) electrons. The van der Waals surface area contributed by atoms with Crippen LogP contribution < -0.4 is 29.6 Å². The van der Waals surface area contributed by atoms with Crippen LogP contribution in [0.4, 0.5) is 5.69 Å². The van der Waals surface area contributed by atoms with Gasteiger partial charge in [0.15, 0.2) is 29.6 Å². The molecular weight excluding hydrogens is 444 g/mol. The lowest BCUT2D eigenvalue weighted by Gasteiger charge is -2.15. The lowest BCUT2D eigenvalue weighted by atomic mass is 10.1. The van der Waals surface area contributed by atoms with E-state index in [-0.39, 0.29) is 19.3 Å². The first-order valence-corrected chi connectivity index (χ1v) is 10.8. The van der Waals surface area contributed by atoms with Crippen LogP contribution in [0.1, 0.15) is 16.7 Å². The molecule has 0 saturated heterocycles. The van der Waals surface area contributed by atoms with E-state index >= 15 is 0 Å². The minimum Gasteiger partial charge on any atom is -0.493 e. The van der Waals surface area contributed by atoms with Crippen LogP contribution >= 0.6 is 11.6 Å². The van der Waals surface area contributed by atoms with Gasteiger partial charge in [-0.3, -0.25) is 4.79 Å². The highest BCUT2D eigenvalue weighted by Gasteiger charge is 2.15. The predicted octanol–water partition coefficient (Wildman–Crippen LogP) is 4.69. The molecule has 1 aliphatic heterocycles. The van der Waals surface area contributed by atoms with Gasteiger partial charge in [-0.15, -0.1) is 0 Å². The van der Waals surface area contributed by atoms with Gasteiger partial charge in [0.2, 0.25) is 6.79 Å². The molecule has 0 unspecified atom stereocenters. The van der Waals surface area contributed by atoms with Crippen molar-refractivity contribution >= 4 is 23.2 Å². The number of benzene rings is 3. The van der Waals surface area contributed by atoms with Crippen molar-refractivity contribution in [1.82, 2.24) is 5.32 Å². The van der Waals surface area contributed by atoms with Crippen molar-refractivity contribution in [3.05, 3.63) is 76.3 Å². The molecule has 4 rings (SSSR count). The molecule has 172 valence electrons. The molecule has 0 saturated carbocycles. The van der Waals surface area contributed by atoms with Crippen molar-refractivity contribution in [1.29, 1.82) is 0 Å². The average molecular weight is 469 g/mol. The summed E-state index contributed by atoms with van der Waals surface area (Å²) in [6.07, 6.45) is 0. The lowest BCUT2D eigenvalue weighted by molar-refractivity contribution is -0.118. The summed E-state index contributed by atoms with van der Waals surface area (Å²) >= 11 is 6.44. The Kier molecular flexibility index (Phi) is 7.22. The Labute approximate surface area is 197 Å². The van der Waals surface area contributed by atoms with Crippen LogP contribution in [0.2, 0.25) is 5.02 Å². The van der Waals surface area contributed by atoms with E-state index in [2.05, 4.69) is 10.6 Å². The molecule has 0 aromatic heterocycles. The molecular formula is C25H25ClN2O5. The number of ether oxygens (including phenoxy) is 4. The van der Waals surface area contributed by atoms with Gasteiger partial charge in [0, 0.05) is 18.8 Å². The first kappa shape index (κ1) is 22.8. The zero-order chi connectivity index (χ0) is 23.2. The van der Waals surface area contributed by atoms with Crippen molar-refractivity contribution < 1.29 is 23.7 Å². The van der Waals surface area contributed by atoms with Crippen molar-refractivity contribution in [2.45, 2.75) is 20.0 Å². The van der Waals surface area contributed by atoms with Gasteiger partial charge in [0.25, 0.3) is 5.91 Å². The fraction of sp³-hybridized carbons (Fsp3) is 0.240. The SMILES string of the molecule is COc1cc(CNCc2ccc3c(c2)OCO3)cc(Cl)c1OCC(=O)Nc1ccc(C)cc1. The third-order valence-electron chi connectivity index (χ3n) is 5.07. The van der Waals surface area contributed by atoms with Crippen LogP contribution in [-0.2, 0) is 17.9 Å². The van der Waals surface area contributed by atoms with Crippen LogP contribution in [0.15, 0.2) is 54.6 Å². The van der Waals surface area contributed by atoms with Crippen molar-refractivity contribution in [3.8, 4) is 23.0 Å². The highest BCUT2D eigenvalue weighted by molar-refractivity contribution is 6.32. The van der Waals surface area contributed by atoms with E-state index in [0.717, 1.165) is 28.2 Å². The molecule has 1 amide bonds. The smallest absolute Gasteiger partial charge is 0.262 e. The average Bonchev–Trinajstić information content (AvgIpc) is 3.27. The summed E-state index contributed by atoms with van der Waals surface area (Å²) in [5, 5.41) is 6.54. The Balaban J connectivity index is 1.33. The quantitative estimate of drug-likeness (QED) is 0.474. The topological polar surface area (TPSA) is 78.1 Å². The van der Waals surface area contributed by atoms with Crippen LogP contribution in [0, 0.1) is 6.92 Å². The number of methoxy groups -OCH3 is 1. The van der Waals surface area contributed by atoms with Crippen LogP contribution in [0.5, 0.6) is 23.0 Å². The summed E-state index contributed by atoms with van der Waals surface area (Å²) in [6, 6.07) is 17.0. The Hall–Kier alpha value is -3.42. The van der Waals surface area contributed by atoms with Crippen LogP contribution in [-0.4, -0.2) is 26.4 Å². The maximum absolute atomic E-state index is 12.2. The van der Waals surface area contributed by atoms with Gasteiger partial charge in [-0.2, -0.15) is 0 Å². The van der Waals surface area contributed by atoms with Gasteiger partial charge in [-0.25, -0.2) is 0 Å². The molecule has 3 aromatic rings. The normalized spacial score (nSPS) is 11.8. The third kappa shape index (κ3) is 5.88. The van der Waals surface area contributed by atoms with E-state index < -0.39 is 0 Å². The summed E-state index contributed by atoms with van der Waals surface area (Å²) in [7, 11) is 1.54. The van der Waals surface area contributed by atoms with Gasteiger partial charge < -0.3 is 29.6 Å². The second kappa shape index (κ2) is 10.5. The van der Waals surface area contributed by atoms with Crippen LogP contribution in [0.25, 0.3) is 0 Å². The van der Waals surface area contributed by atoms with Crippen LogP contribution in [0.3, 0.4) is 0 Å². The van der Waals surface area contributed by atoms with Gasteiger partial charge in [-0.05, 0) is 54.4 Å². The number of hydrogen-bond acceptors (Lipinski definition) is 6. The summed E-state index contributed by atoms with van der Waals surface area (Å²) < 4.78 is 21.9. The molecule has 0 aliphatic carbocycles. The Morgan fingerprint density at radius 1 is 1.00 bits per heavy atom. The Morgan fingerprint density at radius 2 is 1.76 bits per heavy atom. The van der Waals surface area contributed by atoms with Gasteiger partial charge in [0.05, 0.1) is 12.1 Å². The first-order valence-electron chi connectivity index (χ1n) is 10.5. The maximum atomic E-state index is 12.2. The fourth-order valence-corrected chi connectivity index (χ4v) is 3.68. The van der Waals surface area contributed by atoms with Crippen molar-refractivity contribution in [2.24, 2.45) is 0 Å². The van der Waals surface area contributed by atoms with E-state index in [1.54, 1.807) is 6.07 Å². The molecule has 7 nitrogen and oxygen atoms in total. The first-order chi connectivity index (χ1) is 16.0. The number of anilines is 1. The number of fused-ring (bicyclic) bond motifs is 1. The molecule has 1 heterocycles. The number of carbonyl (C=O) groups excluding carboxylic acids is 1. The molecule has 0 atom stereocenters. The molecule has 8 heteroatoms. The second-order valence-corrected chi connectivity index (χ2v) is 8.01. The summed E-state index contributed by atoms with van der Waals surface area (Å²) in [5.41, 5.74) is 3.83. The van der Waals surface area contributed by atoms with E-state index in [4.69, 9.17) is 30.5 Å². The van der Waals surface area contributed by atoms with Gasteiger partial charge in [0.1, 0.15) is 0 Å². The standard InChI is InChI=1S/C25H25ClN2O5/c1-16-3-6-19(7-4-16)28-24(29)14-31-25-20(26)9-18(11-23(25)30-2)13-27-12-17-5-8-21-22(10-17)33-15-32-21/h3-11,27H,12-15H2,1-2H3,(H,28,29). The maximum Gasteiger partial charge on any atom is 0.262 e. The fourth-order valence-electron chi connectivity index (χ4n) is 3.39. The van der Waals surface area contributed by atoms with Crippen molar-refractivity contribution in [3.63, 3.8) is 0 Å². The molecule has 33 heavy (non-hydrogen) atoms. The van der Waals surface area contributed by atoms with Gasteiger partial charge in [-0.1, -0.05) is 35.4 Å². The highest BCUT2D eigenvalue weighted by Crippen LogP contribution is 2.36. The van der Waals surface area contributed by atoms with E-state index in [1.807, 2.05) is 55.5 Å². The Bertz CT molecular complexity index is 1130. The van der Waals surface area contributed by atoms with E-state index in [1.165, 1.54) is 7.11 Å². The molecule has 0 fully saturated rings. The number of aryl methyl sites for hydroxylation is 1. The minimum atomic E-state index is -0.286. The minimum absolute atomic E-state index is 0.189. The zero-order valence-corrected chi connectivity index (χ0v) is 19.2. The number of rotatable bonds is 9. The number of nitrogens with one attached hydrogen (secondary N) is 2. The molecule has 1 aliphatic rings. The predicted molar refractivity (Wildman–Crippen MR) is 126 cm³/mol. The van der Waals surface area contributed by atoms with E-state index in [0.29, 0.717) is 35.3 Å². The largest absolute Gasteiger partial charge is 0.493 e. The number of halogens is 1. The summed E-state index contributed by atoms with van der Waals surface area (Å²) in [6.45, 7) is 3.27.